The number of hydrogen-bond acceptors (Lipinski definition) is 6. The molecule has 0 spiro atoms. The van der Waals surface area contributed by atoms with Crippen molar-refractivity contribution in [1.82, 2.24) is 25.6 Å². The number of nitrogens with one attached hydrogen (secondary N) is 2. The molecule has 0 saturated heterocycles. The van der Waals surface area contributed by atoms with Crippen molar-refractivity contribution in [2.75, 3.05) is 5.32 Å². The molecule has 0 atom stereocenters. The molecular formula is C23H18ClN7O2. The molecule has 1 heterocycles. The fraction of sp³-hybridized carbons (Fsp3) is 0.0435. The predicted octanol–water partition coefficient (Wildman–Crippen LogP) is 3.72. The van der Waals surface area contributed by atoms with Crippen LogP contribution in [0, 0.1) is 0 Å². The Labute approximate surface area is 194 Å². The Kier molecular flexibility index (Phi) is 6.51. The van der Waals surface area contributed by atoms with Crippen molar-refractivity contribution in [2.24, 2.45) is 5.10 Å². The van der Waals surface area contributed by atoms with Gasteiger partial charge in [0.15, 0.2) is 0 Å². The largest absolute Gasteiger partial charge is 0.321 e. The number of halogens is 1. The Morgan fingerprint density at radius 3 is 2.45 bits per heavy atom. The van der Waals surface area contributed by atoms with Gasteiger partial charge in [-0.25, -0.2) is 10.1 Å². The lowest BCUT2D eigenvalue weighted by Gasteiger charge is -2.11. The van der Waals surface area contributed by atoms with E-state index >= 15 is 0 Å². The Balaban J connectivity index is 1.50. The van der Waals surface area contributed by atoms with Crippen LogP contribution >= 0.6 is 11.6 Å². The maximum atomic E-state index is 12.8. The van der Waals surface area contributed by atoms with Crippen molar-refractivity contribution < 1.29 is 9.59 Å². The van der Waals surface area contributed by atoms with Gasteiger partial charge in [0.25, 0.3) is 11.8 Å². The van der Waals surface area contributed by atoms with Gasteiger partial charge in [-0.15, -0.1) is 5.10 Å². The van der Waals surface area contributed by atoms with Crippen LogP contribution in [0.25, 0.3) is 5.69 Å². The molecule has 0 radical (unpaired) electrons. The number of nitrogens with zero attached hydrogens (tertiary/aromatic N) is 5. The predicted molar refractivity (Wildman–Crippen MR) is 125 cm³/mol. The molecule has 2 N–H and O–H groups in total. The number of aromatic nitrogens is 4. The maximum Gasteiger partial charge on any atom is 0.273 e. The highest BCUT2D eigenvalue weighted by Crippen LogP contribution is 2.20. The first-order valence-corrected chi connectivity index (χ1v) is 10.2. The van der Waals surface area contributed by atoms with Gasteiger partial charge < -0.3 is 5.32 Å². The molecule has 0 unspecified atom stereocenters. The number of carbonyl (C=O) groups excluding carboxylic acids is 2. The highest BCUT2D eigenvalue weighted by Gasteiger charge is 2.15. The normalized spacial score (nSPS) is 11.2. The summed E-state index contributed by atoms with van der Waals surface area (Å²) < 4.78 is 1.52. The molecule has 3 aromatic carbocycles. The lowest BCUT2D eigenvalue weighted by Crippen LogP contribution is -2.22. The second kappa shape index (κ2) is 9.84. The minimum absolute atomic E-state index is 0.261. The van der Waals surface area contributed by atoms with Crippen molar-refractivity contribution in [3.63, 3.8) is 0 Å². The third-order valence-electron chi connectivity index (χ3n) is 4.74. The van der Waals surface area contributed by atoms with E-state index in [1.54, 1.807) is 55.5 Å². The van der Waals surface area contributed by atoms with Gasteiger partial charge in [-0.2, -0.15) is 5.10 Å². The summed E-state index contributed by atoms with van der Waals surface area (Å²) in [5, 5.41) is 18.4. The standard InChI is InChI=1S/C23H18ClN7O2/c1-15(16-7-6-8-17(13-16)31-14-25-29-30-31)27-28-23(33)19-10-3-5-12-21(19)26-22(32)18-9-2-4-11-20(18)24/h2-14H,1H3,(H,26,32)(H,28,33)/b27-15-. The van der Waals surface area contributed by atoms with Gasteiger partial charge in [-0.05, 0) is 59.3 Å². The molecule has 10 heteroatoms. The number of hydrazone groups is 1. The fourth-order valence-corrected chi connectivity index (χ4v) is 3.26. The molecular weight excluding hydrogens is 442 g/mol. The monoisotopic (exact) mass is 459 g/mol. The third kappa shape index (κ3) is 5.10. The number of amides is 2. The zero-order chi connectivity index (χ0) is 23.2. The number of hydrogen-bond donors (Lipinski definition) is 2. The Morgan fingerprint density at radius 2 is 1.70 bits per heavy atom. The highest BCUT2D eigenvalue weighted by molar-refractivity contribution is 6.34. The molecule has 33 heavy (non-hydrogen) atoms. The number of carbonyl (C=O) groups is 2. The van der Waals surface area contributed by atoms with E-state index < -0.39 is 11.8 Å². The SMILES string of the molecule is C/C(=N/NC(=O)c1ccccc1NC(=O)c1ccccc1Cl)c1cccc(-n2cnnn2)c1. The van der Waals surface area contributed by atoms with E-state index in [0.717, 1.165) is 11.3 Å². The fourth-order valence-electron chi connectivity index (χ4n) is 3.04. The van der Waals surface area contributed by atoms with Crippen molar-refractivity contribution >= 4 is 34.8 Å². The smallest absolute Gasteiger partial charge is 0.273 e. The Morgan fingerprint density at radius 1 is 0.939 bits per heavy atom. The molecule has 0 aliphatic rings. The van der Waals surface area contributed by atoms with Gasteiger partial charge in [-0.3, -0.25) is 9.59 Å². The molecule has 0 aliphatic carbocycles. The van der Waals surface area contributed by atoms with E-state index in [4.69, 9.17) is 11.6 Å². The van der Waals surface area contributed by atoms with Crippen LogP contribution in [0.15, 0.2) is 84.2 Å². The maximum absolute atomic E-state index is 12.8. The van der Waals surface area contributed by atoms with Gasteiger partial charge >= 0.3 is 0 Å². The number of benzene rings is 3. The van der Waals surface area contributed by atoms with Gasteiger partial charge in [0.2, 0.25) is 0 Å². The summed E-state index contributed by atoms with van der Waals surface area (Å²) in [5.41, 5.74) is 5.57. The molecule has 4 aromatic rings. The first-order chi connectivity index (χ1) is 16.0. The van der Waals surface area contributed by atoms with Crippen LogP contribution in [-0.4, -0.2) is 37.7 Å². The van der Waals surface area contributed by atoms with Gasteiger partial charge in [-0.1, -0.05) is 48.0 Å². The van der Waals surface area contributed by atoms with Crippen LogP contribution in [0.5, 0.6) is 0 Å². The summed E-state index contributed by atoms with van der Waals surface area (Å²) >= 11 is 6.10. The van der Waals surface area contributed by atoms with E-state index in [2.05, 4.69) is 31.4 Å². The third-order valence-corrected chi connectivity index (χ3v) is 5.07. The number of para-hydroxylation sites is 1. The second-order valence-electron chi connectivity index (χ2n) is 6.92. The van der Waals surface area contributed by atoms with Crippen LogP contribution in [-0.2, 0) is 0 Å². The first kappa shape index (κ1) is 21.8. The summed E-state index contributed by atoms with van der Waals surface area (Å²) in [5.74, 6) is -0.888. The van der Waals surface area contributed by atoms with E-state index in [0.29, 0.717) is 22.0 Å². The number of rotatable bonds is 6. The van der Waals surface area contributed by atoms with Crippen molar-refractivity contribution in [3.05, 3.63) is 101 Å². The van der Waals surface area contributed by atoms with Crippen LogP contribution in [0.4, 0.5) is 5.69 Å². The van der Waals surface area contributed by atoms with Crippen LogP contribution < -0.4 is 10.7 Å². The van der Waals surface area contributed by atoms with E-state index in [1.807, 2.05) is 24.3 Å². The molecule has 164 valence electrons. The topological polar surface area (TPSA) is 114 Å². The molecule has 9 nitrogen and oxygen atoms in total. The van der Waals surface area contributed by atoms with Gasteiger partial charge in [0.05, 0.1) is 33.2 Å². The summed E-state index contributed by atoms with van der Waals surface area (Å²) in [6, 6.07) is 20.7. The van der Waals surface area contributed by atoms with Crippen LogP contribution in [0.2, 0.25) is 5.02 Å². The molecule has 4 rings (SSSR count). The van der Waals surface area contributed by atoms with E-state index in [9.17, 15) is 9.59 Å². The van der Waals surface area contributed by atoms with Gasteiger partial charge in [0, 0.05) is 0 Å². The lowest BCUT2D eigenvalue weighted by molar-refractivity contribution is 0.0955. The van der Waals surface area contributed by atoms with Crippen LogP contribution in [0.3, 0.4) is 0 Å². The summed E-state index contributed by atoms with van der Waals surface area (Å²) in [4.78, 5) is 25.4. The molecule has 2 amide bonds. The van der Waals surface area contributed by atoms with Crippen molar-refractivity contribution in [2.45, 2.75) is 6.92 Å². The Hall–Kier alpha value is -4.37. The zero-order valence-corrected chi connectivity index (χ0v) is 18.2. The molecule has 0 saturated carbocycles. The quantitative estimate of drug-likeness (QED) is 0.337. The number of tetrazole rings is 1. The summed E-state index contributed by atoms with van der Waals surface area (Å²) in [6.45, 7) is 1.77. The zero-order valence-electron chi connectivity index (χ0n) is 17.4. The summed E-state index contributed by atoms with van der Waals surface area (Å²) in [7, 11) is 0. The Bertz CT molecular complexity index is 1340. The van der Waals surface area contributed by atoms with Crippen LogP contribution in [0.1, 0.15) is 33.2 Å². The molecule has 0 aliphatic heterocycles. The highest BCUT2D eigenvalue weighted by atomic mass is 35.5. The average molecular weight is 460 g/mol. The minimum Gasteiger partial charge on any atom is -0.321 e. The lowest BCUT2D eigenvalue weighted by atomic mass is 10.1. The second-order valence-corrected chi connectivity index (χ2v) is 7.33. The minimum atomic E-state index is -0.471. The first-order valence-electron chi connectivity index (χ1n) is 9.86. The molecule has 1 aromatic heterocycles. The van der Waals surface area contributed by atoms with E-state index in [1.165, 1.54) is 11.0 Å². The van der Waals surface area contributed by atoms with E-state index in [-0.39, 0.29) is 5.56 Å². The van der Waals surface area contributed by atoms with Crippen molar-refractivity contribution in [1.29, 1.82) is 0 Å². The molecule has 0 bridgehead atoms. The number of anilines is 1. The van der Waals surface area contributed by atoms with Crippen molar-refractivity contribution in [3.8, 4) is 5.69 Å². The molecule has 0 fully saturated rings. The average Bonchev–Trinajstić information content (AvgIpc) is 3.38. The summed E-state index contributed by atoms with van der Waals surface area (Å²) in [6.07, 6.45) is 1.49. The van der Waals surface area contributed by atoms with Gasteiger partial charge in [0.1, 0.15) is 6.33 Å².